The van der Waals surface area contributed by atoms with Gasteiger partial charge in [-0.25, -0.2) is 0 Å². The Morgan fingerprint density at radius 2 is 1.67 bits per heavy atom. The molecule has 0 saturated carbocycles. The predicted octanol–water partition coefficient (Wildman–Crippen LogP) is 6.96. The van der Waals surface area contributed by atoms with Crippen LogP contribution in [-0.2, 0) is 0 Å². The molecule has 3 aromatic carbocycles. The minimum Gasteiger partial charge on any atom is -0.457 e. The van der Waals surface area contributed by atoms with Crippen LogP contribution in [0.4, 0.5) is 5.69 Å². The maximum absolute atomic E-state index is 6.51. The number of benzene rings is 3. The highest BCUT2D eigenvalue weighted by molar-refractivity contribution is 6.31. The second-order valence-electron chi connectivity index (χ2n) is 7.16. The Kier molecular flexibility index (Phi) is 4.14. The van der Waals surface area contributed by atoms with Crippen LogP contribution in [0.25, 0.3) is 0 Å². The van der Waals surface area contributed by atoms with E-state index in [1.807, 2.05) is 48.5 Å². The first-order valence-corrected chi connectivity index (χ1v) is 9.72. The number of hydrogen-bond acceptors (Lipinski definition) is 2. The lowest BCUT2D eigenvalue weighted by atomic mass is 9.77. The maximum atomic E-state index is 6.51. The van der Waals surface area contributed by atoms with Gasteiger partial charge in [0.25, 0.3) is 0 Å². The SMILES string of the molecule is Clc1ccccc1C1Nc2ccc(Oc3ccccc3)cc2C2C=CCC21. The first-order valence-electron chi connectivity index (χ1n) is 9.34. The van der Waals surface area contributed by atoms with E-state index in [4.69, 9.17) is 16.3 Å². The molecule has 3 aromatic rings. The second kappa shape index (κ2) is 6.79. The lowest BCUT2D eigenvalue weighted by Gasteiger charge is -2.38. The second-order valence-corrected chi connectivity index (χ2v) is 7.57. The van der Waals surface area contributed by atoms with Crippen molar-refractivity contribution in [1.82, 2.24) is 0 Å². The van der Waals surface area contributed by atoms with E-state index in [1.165, 1.54) is 11.1 Å². The summed E-state index contributed by atoms with van der Waals surface area (Å²) in [5.74, 6) is 2.57. The molecule has 3 unspecified atom stereocenters. The molecular weight excluding hydrogens is 354 g/mol. The van der Waals surface area contributed by atoms with Crippen molar-refractivity contribution in [1.29, 1.82) is 0 Å². The molecular formula is C24H20ClNO. The van der Waals surface area contributed by atoms with Gasteiger partial charge < -0.3 is 10.1 Å². The molecule has 0 fully saturated rings. The van der Waals surface area contributed by atoms with E-state index in [0.29, 0.717) is 11.8 Å². The molecule has 0 radical (unpaired) electrons. The zero-order chi connectivity index (χ0) is 18.2. The first kappa shape index (κ1) is 16.5. The van der Waals surface area contributed by atoms with E-state index in [1.54, 1.807) is 0 Å². The van der Waals surface area contributed by atoms with Crippen molar-refractivity contribution in [2.75, 3.05) is 5.32 Å². The van der Waals surface area contributed by atoms with Crippen molar-refractivity contribution >= 4 is 17.3 Å². The zero-order valence-corrected chi connectivity index (χ0v) is 15.6. The van der Waals surface area contributed by atoms with E-state index < -0.39 is 0 Å². The quantitative estimate of drug-likeness (QED) is 0.501. The van der Waals surface area contributed by atoms with Crippen LogP contribution < -0.4 is 10.1 Å². The normalized spacial score (nSPS) is 22.6. The van der Waals surface area contributed by atoms with Gasteiger partial charge in [0, 0.05) is 16.6 Å². The molecule has 0 bridgehead atoms. The van der Waals surface area contributed by atoms with Gasteiger partial charge in [0.15, 0.2) is 0 Å². The van der Waals surface area contributed by atoms with Crippen LogP contribution in [-0.4, -0.2) is 0 Å². The molecule has 3 heteroatoms. The summed E-state index contributed by atoms with van der Waals surface area (Å²) in [6.45, 7) is 0. The molecule has 2 aliphatic rings. The van der Waals surface area contributed by atoms with Crippen LogP contribution in [0.5, 0.6) is 11.5 Å². The van der Waals surface area contributed by atoms with Crippen LogP contribution in [0.2, 0.25) is 5.02 Å². The lowest BCUT2D eigenvalue weighted by molar-refractivity contribution is 0.422. The topological polar surface area (TPSA) is 21.3 Å². The number of para-hydroxylation sites is 1. The average Bonchev–Trinajstić information content (AvgIpc) is 3.19. The van der Waals surface area contributed by atoms with Crippen LogP contribution in [0.1, 0.15) is 29.5 Å². The van der Waals surface area contributed by atoms with E-state index in [9.17, 15) is 0 Å². The van der Waals surface area contributed by atoms with Crippen molar-refractivity contribution < 1.29 is 4.74 Å². The number of allylic oxidation sites excluding steroid dienone is 2. The van der Waals surface area contributed by atoms with Gasteiger partial charge >= 0.3 is 0 Å². The summed E-state index contributed by atoms with van der Waals surface area (Å²) in [7, 11) is 0. The van der Waals surface area contributed by atoms with Crippen molar-refractivity contribution in [2.45, 2.75) is 18.4 Å². The fraction of sp³-hybridized carbons (Fsp3) is 0.167. The smallest absolute Gasteiger partial charge is 0.127 e. The molecule has 134 valence electrons. The average molecular weight is 374 g/mol. The van der Waals surface area contributed by atoms with E-state index in [2.05, 4.69) is 41.7 Å². The number of fused-ring (bicyclic) bond motifs is 3. The highest BCUT2D eigenvalue weighted by atomic mass is 35.5. The minimum atomic E-state index is 0.215. The molecule has 2 nitrogen and oxygen atoms in total. The third kappa shape index (κ3) is 3.00. The molecule has 3 atom stereocenters. The molecule has 1 heterocycles. The lowest BCUT2D eigenvalue weighted by Crippen LogP contribution is -2.29. The minimum absolute atomic E-state index is 0.215. The Labute approximate surface area is 164 Å². The highest BCUT2D eigenvalue weighted by Crippen LogP contribution is 2.51. The standard InChI is InChI=1S/C24H20ClNO/c25-22-12-5-4-9-20(22)24-19-11-6-10-18(19)21-15-17(13-14-23(21)26-24)27-16-7-2-1-3-8-16/h1-10,12-15,18-19,24,26H,11H2. The summed E-state index contributed by atoms with van der Waals surface area (Å²) in [5.41, 5.74) is 3.63. The van der Waals surface area contributed by atoms with Gasteiger partial charge in [0.2, 0.25) is 0 Å². The van der Waals surface area contributed by atoms with Gasteiger partial charge in [0.05, 0.1) is 6.04 Å². The first-order chi connectivity index (χ1) is 13.3. The van der Waals surface area contributed by atoms with E-state index >= 15 is 0 Å². The Balaban J connectivity index is 1.51. The molecule has 0 spiro atoms. The number of rotatable bonds is 3. The Hall–Kier alpha value is -2.71. The number of hydrogen-bond donors (Lipinski definition) is 1. The maximum Gasteiger partial charge on any atom is 0.127 e. The largest absolute Gasteiger partial charge is 0.457 e. The number of ether oxygens (including phenoxy) is 1. The predicted molar refractivity (Wildman–Crippen MR) is 111 cm³/mol. The Bertz CT molecular complexity index is 998. The Morgan fingerprint density at radius 3 is 2.52 bits per heavy atom. The molecule has 0 aromatic heterocycles. The fourth-order valence-corrected chi connectivity index (χ4v) is 4.55. The third-order valence-corrected chi connectivity index (χ3v) is 5.90. The van der Waals surface area contributed by atoms with Crippen LogP contribution in [0.3, 0.4) is 0 Å². The summed E-state index contributed by atoms with van der Waals surface area (Å²) in [4.78, 5) is 0. The summed E-state index contributed by atoms with van der Waals surface area (Å²) in [6, 6.07) is 24.6. The number of nitrogens with one attached hydrogen (secondary N) is 1. The van der Waals surface area contributed by atoms with Crippen molar-refractivity contribution in [3.63, 3.8) is 0 Å². The van der Waals surface area contributed by atoms with E-state index in [-0.39, 0.29) is 6.04 Å². The van der Waals surface area contributed by atoms with Crippen molar-refractivity contribution in [3.8, 4) is 11.5 Å². The van der Waals surface area contributed by atoms with Gasteiger partial charge in [-0.2, -0.15) is 0 Å². The fourth-order valence-electron chi connectivity index (χ4n) is 4.30. The summed E-state index contributed by atoms with van der Waals surface area (Å²) in [5, 5.41) is 4.56. The monoisotopic (exact) mass is 373 g/mol. The van der Waals surface area contributed by atoms with Gasteiger partial charge in [-0.3, -0.25) is 0 Å². The van der Waals surface area contributed by atoms with Gasteiger partial charge in [-0.1, -0.05) is 60.2 Å². The summed E-state index contributed by atoms with van der Waals surface area (Å²) >= 11 is 6.51. The number of anilines is 1. The van der Waals surface area contributed by atoms with Crippen LogP contribution in [0.15, 0.2) is 84.9 Å². The third-order valence-electron chi connectivity index (χ3n) is 5.55. The Morgan fingerprint density at radius 1 is 0.852 bits per heavy atom. The number of halogens is 1. The van der Waals surface area contributed by atoms with Gasteiger partial charge in [0.1, 0.15) is 11.5 Å². The van der Waals surface area contributed by atoms with Gasteiger partial charge in [-0.05, 0) is 59.9 Å². The molecule has 27 heavy (non-hydrogen) atoms. The molecule has 1 N–H and O–H groups in total. The molecule has 1 aliphatic heterocycles. The van der Waals surface area contributed by atoms with Crippen LogP contribution in [0, 0.1) is 5.92 Å². The van der Waals surface area contributed by atoms with Crippen LogP contribution >= 0.6 is 11.6 Å². The van der Waals surface area contributed by atoms with Crippen molar-refractivity contribution in [2.24, 2.45) is 5.92 Å². The molecule has 5 rings (SSSR count). The molecule has 0 amide bonds. The zero-order valence-electron chi connectivity index (χ0n) is 14.8. The summed E-state index contributed by atoms with van der Waals surface area (Å²) < 4.78 is 6.05. The molecule has 0 saturated heterocycles. The van der Waals surface area contributed by atoms with Gasteiger partial charge in [-0.15, -0.1) is 0 Å². The van der Waals surface area contributed by atoms with Crippen molar-refractivity contribution in [3.05, 3.63) is 101 Å². The molecule has 1 aliphatic carbocycles. The van der Waals surface area contributed by atoms with E-state index in [0.717, 1.165) is 28.6 Å². The summed E-state index contributed by atoms with van der Waals surface area (Å²) in [6.07, 6.45) is 5.68. The highest BCUT2D eigenvalue weighted by Gasteiger charge is 2.38.